The summed E-state index contributed by atoms with van der Waals surface area (Å²) in [5, 5.41) is 18.7. The molecule has 1 amide bonds. The van der Waals surface area contributed by atoms with Crippen LogP contribution in [0.2, 0.25) is 0 Å². The molecule has 40 heavy (non-hydrogen) atoms. The van der Waals surface area contributed by atoms with E-state index in [-0.39, 0.29) is 17.2 Å². The van der Waals surface area contributed by atoms with Crippen LogP contribution in [-0.2, 0) is 25.2 Å². The SMILES string of the molecule is Cn1ncc2c1CCC[C@]2(O)c1nc(-c2ccc(C(=O)Nc3cc(C(F)(F)F)ccn3)cc2)c2c(N)nccn12. The molecule has 1 aromatic carbocycles. The molecular weight excluding hydrogens is 525 g/mol. The minimum atomic E-state index is -4.56. The van der Waals surface area contributed by atoms with Gasteiger partial charge >= 0.3 is 6.18 Å². The van der Waals surface area contributed by atoms with Gasteiger partial charge in [-0.1, -0.05) is 12.1 Å². The smallest absolute Gasteiger partial charge is 0.382 e. The van der Waals surface area contributed by atoms with Gasteiger partial charge in [-0.15, -0.1) is 0 Å². The van der Waals surface area contributed by atoms with Gasteiger partial charge in [0.05, 0.1) is 11.8 Å². The lowest BCUT2D eigenvalue weighted by atomic mass is 9.82. The number of anilines is 2. The molecule has 1 atom stereocenters. The van der Waals surface area contributed by atoms with Gasteiger partial charge in [-0.2, -0.15) is 18.3 Å². The number of aromatic nitrogens is 6. The number of nitrogens with zero attached hydrogens (tertiary/aromatic N) is 6. The fourth-order valence-electron chi connectivity index (χ4n) is 5.18. The van der Waals surface area contributed by atoms with E-state index in [1.54, 1.807) is 33.6 Å². The number of pyridine rings is 1. The highest BCUT2D eigenvalue weighted by atomic mass is 19.4. The number of aryl methyl sites for hydroxylation is 1. The second kappa shape index (κ2) is 9.16. The quantitative estimate of drug-likeness (QED) is 0.309. The molecule has 5 aromatic rings. The molecule has 4 aromatic heterocycles. The first-order valence-electron chi connectivity index (χ1n) is 12.4. The Morgan fingerprint density at radius 3 is 2.67 bits per heavy atom. The number of nitrogen functional groups attached to an aromatic ring is 1. The number of fused-ring (bicyclic) bond motifs is 2. The predicted molar refractivity (Wildman–Crippen MR) is 139 cm³/mol. The molecule has 0 radical (unpaired) electrons. The molecular formula is C27H23F3N8O2. The number of carbonyl (C=O) groups is 1. The van der Waals surface area contributed by atoms with E-state index < -0.39 is 23.2 Å². The van der Waals surface area contributed by atoms with Gasteiger partial charge in [-0.05, 0) is 43.5 Å². The molecule has 1 aliphatic carbocycles. The fourth-order valence-corrected chi connectivity index (χ4v) is 5.18. The number of hydrogen-bond acceptors (Lipinski definition) is 7. The zero-order valence-electron chi connectivity index (χ0n) is 21.1. The van der Waals surface area contributed by atoms with Crippen molar-refractivity contribution in [3.05, 3.63) is 89.4 Å². The summed E-state index contributed by atoms with van der Waals surface area (Å²) in [4.78, 5) is 25.6. The molecule has 4 heterocycles. The van der Waals surface area contributed by atoms with Gasteiger partial charge in [0.15, 0.2) is 11.4 Å². The van der Waals surface area contributed by atoms with Crippen molar-refractivity contribution in [1.29, 1.82) is 0 Å². The van der Waals surface area contributed by atoms with E-state index in [2.05, 4.69) is 20.4 Å². The van der Waals surface area contributed by atoms with Crippen molar-refractivity contribution in [1.82, 2.24) is 29.1 Å². The van der Waals surface area contributed by atoms with Crippen LogP contribution in [0.4, 0.5) is 24.8 Å². The van der Waals surface area contributed by atoms with Crippen molar-refractivity contribution in [3.63, 3.8) is 0 Å². The second-order valence-corrected chi connectivity index (χ2v) is 9.62. The molecule has 13 heteroatoms. The summed E-state index contributed by atoms with van der Waals surface area (Å²) in [7, 11) is 1.84. The zero-order chi connectivity index (χ0) is 28.2. The number of nitrogens with one attached hydrogen (secondary N) is 1. The third-order valence-electron chi connectivity index (χ3n) is 7.16. The van der Waals surface area contributed by atoms with E-state index >= 15 is 0 Å². The van der Waals surface area contributed by atoms with E-state index in [4.69, 9.17) is 10.7 Å². The van der Waals surface area contributed by atoms with Crippen LogP contribution in [0.5, 0.6) is 0 Å². The fraction of sp³-hybridized carbons (Fsp3) is 0.222. The Balaban J connectivity index is 1.36. The maximum Gasteiger partial charge on any atom is 0.416 e. The van der Waals surface area contributed by atoms with E-state index in [9.17, 15) is 23.1 Å². The van der Waals surface area contributed by atoms with Crippen molar-refractivity contribution < 1.29 is 23.1 Å². The largest absolute Gasteiger partial charge is 0.416 e. The number of rotatable bonds is 4. The molecule has 0 saturated carbocycles. The minimum absolute atomic E-state index is 0.198. The van der Waals surface area contributed by atoms with Crippen molar-refractivity contribution in [2.24, 2.45) is 7.05 Å². The molecule has 0 bridgehead atoms. The van der Waals surface area contributed by atoms with Crippen LogP contribution in [0, 0.1) is 0 Å². The van der Waals surface area contributed by atoms with Gasteiger partial charge in [0.1, 0.15) is 22.8 Å². The standard InChI is InChI=1S/C27H23F3N8O2/c1-37-19-3-2-9-26(40,18(19)14-34-37)25-36-21(22-23(31)33-11-12-38(22)25)15-4-6-16(7-5-15)24(39)35-20-13-17(8-10-32-20)27(28,29)30/h4-8,10-14,40H,2-3,9H2,1H3,(H2,31,33)(H,32,35,39)/t26-/m1/s1. The molecule has 1 aliphatic rings. The molecule has 0 saturated heterocycles. The van der Waals surface area contributed by atoms with E-state index in [1.807, 2.05) is 7.05 Å². The average Bonchev–Trinajstić information content (AvgIpc) is 3.52. The molecule has 10 nitrogen and oxygen atoms in total. The number of imidazole rings is 1. The third kappa shape index (κ3) is 4.14. The molecule has 0 fully saturated rings. The van der Waals surface area contributed by atoms with Crippen molar-refractivity contribution in [3.8, 4) is 11.3 Å². The Kier molecular flexibility index (Phi) is 5.84. The van der Waals surface area contributed by atoms with E-state index in [1.165, 1.54) is 18.3 Å². The number of carbonyl (C=O) groups excluding carboxylic acids is 1. The average molecular weight is 549 g/mol. The zero-order valence-corrected chi connectivity index (χ0v) is 21.1. The second-order valence-electron chi connectivity index (χ2n) is 9.62. The maximum absolute atomic E-state index is 13.0. The van der Waals surface area contributed by atoms with Crippen LogP contribution in [0.15, 0.2) is 61.2 Å². The van der Waals surface area contributed by atoms with Crippen molar-refractivity contribution in [2.45, 2.75) is 31.0 Å². The number of benzene rings is 1. The summed E-state index contributed by atoms with van der Waals surface area (Å²) in [5.74, 6) is -0.268. The van der Waals surface area contributed by atoms with Gasteiger partial charge in [-0.3, -0.25) is 13.9 Å². The van der Waals surface area contributed by atoms with Crippen LogP contribution in [-0.4, -0.2) is 40.1 Å². The van der Waals surface area contributed by atoms with E-state index in [0.717, 1.165) is 36.9 Å². The summed E-state index contributed by atoms with van der Waals surface area (Å²) >= 11 is 0. The molecule has 0 spiro atoms. The number of amides is 1. The summed E-state index contributed by atoms with van der Waals surface area (Å²) in [6, 6.07) is 7.92. The Hall–Kier alpha value is -4.78. The van der Waals surface area contributed by atoms with Crippen LogP contribution >= 0.6 is 0 Å². The van der Waals surface area contributed by atoms with Crippen LogP contribution in [0.25, 0.3) is 16.8 Å². The molecule has 0 aliphatic heterocycles. The van der Waals surface area contributed by atoms with Crippen LogP contribution in [0.3, 0.4) is 0 Å². The first-order chi connectivity index (χ1) is 19.1. The van der Waals surface area contributed by atoms with E-state index in [0.29, 0.717) is 34.6 Å². The molecule has 4 N–H and O–H groups in total. The Bertz CT molecular complexity index is 1760. The Morgan fingerprint density at radius 1 is 1.15 bits per heavy atom. The number of halogens is 3. The minimum Gasteiger partial charge on any atom is -0.382 e. The normalized spacial score (nSPS) is 17.1. The predicted octanol–water partition coefficient (Wildman–Crippen LogP) is 3.95. The van der Waals surface area contributed by atoms with Gasteiger partial charge in [0.25, 0.3) is 5.91 Å². The maximum atomic E-state index is 13.0. The van der Waals surface area contributed by atoms with Crippen LogP contribution < -0.4 is 11.1 Å². The molecule has 6 rings (SSSR count). The number of hydrogen-bond donors (Lipinski definition) is 3. The first-order valence-corrected chi connectivity index (χ1v) is 12.4. The van der Waals surface area contributed by atoms with Crippen molar-refractivity contribution >= 4 is 23.1 Å². The van der Waals surface area contributed by atoms with Gasteiger partial charge in [-0.25, -0.2) is 15.0 Å². The lowest BCUT2D eigenvalue weighted by molar-refractivity contribution is -0.137. The number of alkyl halides is 3. The van der Waals surface area contributed by atoms with Gasteiger partial charge < -0.3 is 16.2 Å². The highest BCUT2D eigenvalue weighted by Crippen LogP contribution is 2.42. The topological polar surface area (TPSA) is 136 Å². The highest BCUT2D eigenvalue weighted by molar-refractivity contribution is 6.04. The summed E-state index contributed by atoms with van der Waals surface area (Å²) < 4.78 is 42.5. The van der Waals surface area contributed by atoms with Gasteiger partial charge in [0.2, 0.25) is 0 Å². The lowest BCUT2D eigenvalue weighted by Crippen LogP contribution is -2.34. The Morgan fingerprint density at radius 2 is 1.93 bits per heavy atom. The Labute approximate surface area is 225 Å². The first kappa shape index (κ1) is 25.5. The molecule has 0 unspecified atom stereocenters. The summed E-state index contributed by atoms with van der Waals surface area (Å²) in [6.45, 7) is 0. The highest BCUT2D eigenvalue weighted by Gasteiger charge is 2.42. The van der Waals surface area contributed by atoms with Gasteiger partial charge in [0, 0.05) is 48.0 Å². The monoisotopic (exact) mass is 548 g/mol. The van der Waals surface area contributed by atoms with Crippen molar-refractivity contribution in [2.75, 3.05) is 11.1 Å². The lowest BCUT2D eigenvalue weighted by Gasteiger charge is -2.31. The molecule has 204 valence electrons. The number of nitrogens with two attached hydrogens (primary N) is 1. The number of aliphatic hydroxyl groups is 1. The van der Waals surface area contributed by atoms with Crippen LogP contribution in [0.1, 0.15) is 45.8 Å². The third-order valence-corrected chi connectivity index (χ3v) is 7.16. The summed E-state index contributed by atoms with van der Waals surface area (Å²) in [6.07, 6.45) is 3.26. The summed E-state index contributed by atoms with van der Waals surface area (Å²) in [5.41, 5.74) is 7.30.